The standard InChI is InChI=1S/3C7H14O8/c3*8-1-2(9)3(10)4(11)5(12)6(13)7(14)15/h3*2-6,8-13H,1H2,(H,14,15)/t3*2-,3-,4+,5-,6-/m111/s1. The summed E-state index contributed by atoms with van der Waals surface area (Å²) in [6, 6.07) is 0. The Morgan fingerprint density at radius 1 is 0.311 bits per heavy atom. The molecule has 270 valence electrons. The second-order valence-electron chi connectivity index (χ2n) is 9.01. The van der Waals surface area contributed by atoms with Crippen molar-refractivity contribution in [3.05, 3.63) is 0 Å². The van der Waals surface area contributed by atoms with Gasteiger partial charge < -0.3 is 107 Å². The van der Waals surface area contributed by atoms with Crippen molar-refractivity contribution >= 4 is 17.9 Å². The molecular weight excluding hydrogens is 636 g/mol. The third-order valence-corrected chi connectivity index (χ3v) is 5.57. The van der Waals surface area contributed by atoms with Crippen molar-refractivity contribution in [1.82, 2.24) is 0 Å². The fourth-order valence-corrected chi connectivity index (χ4v) is 2.61. The number of hydrogen-bond acceptors (Lipinski definition) is 21. The van der Waals surface area contributed by atoms with Gasteiger partial charge in [-0.1, -0.05) is 0 Å². The van der Waals surface area contributed by atoms with E-state index in [1.807, 2.05) is 0 Å². The molecule has 0 saturated heterocycles. The quantitative estimate of drug-likeness (QED) is 0.0639. The van der Waals surface area contributed by atoms with E-state index in [4.69, 9.17) is 107 Å². The number of carboxylic acids is 3. The molecule has 0 fully saturated rings. The van der Waals surface area contributed by atoms with Crippen LogP contribution in [0.2, 0.25) is 0 Å². The van der Waals surface area contributed by atoms with Crippen LogP contribution in [0.5, 0.6) is 0 Å². The largest absolute Gasteiger partial charge is 0.479 e. The first-order chi connectivity index (χ1) is 20.5. The van der Waals surface area contributed by atoms with E-state index in [1.54, 1.807) is 0 Å². The van der Waals surface area contributed by atoms with Crippen LogP contribution in [0, 0.1) is 0 Å². The molecule has 0 bridgehead atoms. The topological polar surface area (TPSA) is 476 Å². The smallest absolute Gasteiger partial charge is 0.335 e. The Balaban J connectivity index is -0.000000588. The summed E-state index contributed by atoms with van der Waals surface area (Å²) in [5.41, 5.74) is 0. The first-order valence-corrected chi connectivity index (χ1v) is 12.2. The molecule has 45 heavy (non-hydrogen) atoms. The van der Waals surface area contributed by atoms with Crippen LogP contribution >= 0.6 is 0 Å². The van der Waals surface area contributed by atoms with E-state index in [0.29, 0.717) is 0 Å². The van der Waals surface area contributed by atoms with Crippen molar-refractivity contribution in [2.45, 2.75) is 91.6 Å². The lowest BCUT2D eigenvalue weighted by atomic mass is 9.99. The number of rotatable bonds is 18. The lowest BCUT2D eigenvalue weighted by molar-refractivity contribution is -0.170. The summed E-state index contributed by atoms with van der Waals surface area (Å²) in [5.74, 6) is -5.35. The highest BCUT2D eigenvalue weighted by Crippen LogP contribution is 2.10. The molecule has 0 aliphatic heterocycles. The highest BCUT2D eigenvalue weighted by molar-refractivity contribution is 5.73. The predicted octanol–water partition coefficient (Wildman–Crippen LogP) is -12.4. The molecule has 0 saturated carbocycles. The minimum atomic E-state index is -2.29. The van der Waals surface area contributed by atoms with E-state index in [1.165, 1.54) is 0 Å². The van der Waals surface area contributed by atoms with Crippen molar-refractivity contribution in [3.63, 3.8) is 0 Å². The molecule has 0 aromatic heterocycles. The van der Waals surface area contributed by atoms with Gasteiger partial charge in [-0.2, -0.15) is 0 Å². The average molecular weight is 679 g/mol. The summed E-state index contributed by atoms with van der Waals surface area (Å²) < 4.78 is 0. The third kappa shape index (κ3) is 16.2. The maximum absolute atomic E-state index is 10.2. The van der Waals surface area contributed by atoms with Gasteiger partial charge in [-0.15, -0.1) is 0 Å². The first-order valence-electron chi connectivity index (χ1n) is 12.2. The Morgan fingerprint density at radius 3 is 0.578 bits per heavy atom. The highest BCUT2D eigenvalue weighted by atomic mass is 16.4. The Bertz CT molecular complexity index is 726. The normalized spacial score (nSPS) is 21.5. The molecule has 0 spiro atoms. The van der Waals surface area contributed by atoms with Crippen molar-refractivity contribution in [2.24, 2.45) is 0 Å². The van der Waals surface area contributed by atoms with Gasteiger partial charge in [0.25, 0.3) is 0 Å². The molecule has 21 N–H and O–H groups in total. The van der Waals surface area contributed by atoms with Crippen LogP contribution in [0.25, 0.3) is 0 Å². The lowest BCUT2D eigenvalue weighted by Crippen LogP contribution is -2.51. The molecule has 0 radical (unpaired) electrons. The third-order valence-electron chi connectivity index (χ3n) is 5.57. The fraction of sp³-hybridized carbons (Fsp3) is 0.857. The van der Waals surface area contributed by atoms with E-state index in [2.05, 4.69) is 0 Å². The van der Waals surface area contributed by atoms with Crippen LogP contribution in [0.3, 0.4) is 0 Å². The maximum atomic E-state index is 10.2. The van der Waals surface area contributed by atoms with Crippen LogP contribution in [0.4, 0.5) is 0 Å². The van der Waals surface area contributed by atoms with Crippen LogP contribution < -0.4 is 0 Å². The van der Waals surface area contributed by atoms with Crippen molar-refractivity contribution < 1.29 is 122 Å². The Morgan fingerprint density at radius 2 is 0.467 bits per heavy atom. The van der Waals surface area contributed by atoms with Crippen LogP contribution in [0.1, 0.15) is 0 Å². The summed E-state index contributed by atoms with van der Waals surface area (Å²) in [6.07, 6.45) is -30.7. The van der Waals surface area contributed by atoms with Crippen molar-refractivity contribution in [3.8, 4) is 0 Å². The number of carbonyl (C=O) groups is 3. The fourth-order valence-electron chi connectivity index (χ4n) is 2.61. The summed E-state index contributed by atoms with van der Waals surface area (Å²) in [5, 5.41) is 185. The average Bonchev–Trinajstić information content (AvgIpc) is 3.02. The van der Waals surface area contributed by atoms with Gasteiger partial charge in [0, 0.05) is 0 Å². The van der Waals surface area contributed by atoms with Crippen LogP contribution in [-0.4, -0.2) is 237 Å². The molecule has 0 rings (SSSR count). The Kier molecular flexibility index (Phi) is 24.2. The van der Waals surface area contributed by atoms with Gasteiger partial charge in [-0.3, -0.25) is 0 Å². The number of aliphatic carboxylic acids is 3. The van der Waals surface area contributed by atoms with E-state index < -0.39 is 129 Å². The molecule has 0 amide bonds. The van der Waals surface area contributed by atoms with Crippen LogP contribution in [-0.2, 0) is 14.4 Å². The number of hydrogen-bond donors (Lipinski definition) is 21. The summed E-state index contributed by atoms with van der Waals surface area (Å²) in [7, 11) is 0. The molecule has 0 aromatic rings. The molecule has 24 nitrogen and oxygen atoms in total. The Hall–Kier alpha value is -2.31. The zero-order valence-corrected chi connectivity index (χ0v) is 22.9. The molecule has 15 atom stereocenters. The minimum absolute atomic E-state index is 0.881. The summed E-state index contributed by atoms with van der Waals surface area (Å²) in [4.78, 5) is 30.6. The molecule has 0 aromatic carbocycles. The predicted molar refractivity (Wildman–Crippen MR) is 134 cm³/mol. The minimum Gasteiger partial charge on any atom is -0.479 e. The van der Waals surface area contributed by atoms with Gasteiger partial charge in [0.2, 0.25) is 0 Å². The molecule has 0 unspecified atom stereocenters. The van der Waals surface area contributed by atoms with E-state index >= 15 is 0 Å². The maximum Gasteiger partial charge on any atom is 0.335 e. The van der Waals surface area contributed by atoms with E-state index in [9.17, 15) is 14.4 Å². The van der Waals surface area contributed by atoms with Crippen LogP contribution in [0.15, 0.2) is 0 Å². The lowest BCUT2D eigenvalue weighted by Gasteiger charge is -2.26. The zero-order chi connectivity index (χ0) is 36.5. The van der Waals surface area contributed by atoms with Gasteiger partial charge in [0.15, 0.2) is 18.3 Å². The van der Waals surface area contributed by atoms with E-state index in [-0.39, 0.29) is 0 Å². The summed E-state index contributed by atoms with van der Waals surface area (Å²) in [6.45, 7) is -2.64. The first kappa shape index (κ1) is 47.1. The second-order valence-corrected chi connectivity index (χ2v) is 9.01. The Labute approximate surface area is 251 Å². The second kappa shape index (κ2) is 23.1. The van der Waals surface area contributed by atoms with Crippen molar-refractivity contribution in [2.75, 3.05) is 19.8 Å². The van der Waals surface area contributed by atoms with Gasteiger partial charge in [0.05, 0.1) is 19.8 Å². The van der Waals surface area contributed by atoms with Crippen molar-refractivity contribution in [1.29, 1.82) is 0 Å². The van der Waals surface area contributed by atoms with Gasteiger partial charge in [-0.25, -0.2) is 14.4 Å². The molecule has 24 heteroatoms. The van der Waals surface area contributed by atoms with Gasteiger partial charge in [0.1, 0.15) is 73.2 Å². The zero-order valence-electron chi connectivity index (χ0n) is 22.9. The highest BCUT2D eigenvalue weighted by Gasteiger charge is 2.39. The molecule has 0 aliphatic rings. The monoisotopic (exact) mass is 678 g/mol. The molecule has 0 aliphatic carbocycles. The van der Waals surface area contributed by atoms with Gasteiger partial charge in [-0.05, 0) is 0 Å². The summed E-state index contributed by atoms with van der Waals surface area (Å²) >= 11 is 0. The van der Waals surface area contributed by atoms with E-state index in [0.717, 1.165) is 0 Å². The number of aliphatic hydroxyl groups is 18. The molecular formula is C21H42O24. The molecule has 0 heterocycles. The number of aliphatic hydroxyl groups excluding tert-OH is 18. The number of carboxylic acid groups (broad SMARTS) is 3. The van der Waals surface area contributed by atoms with Gasteiger partial charge >= 0.3 is 17.9 Å². The SMILES string of the molecule is O=C(O)[C@H](O)[C@H](O)[C@@H](O)[C@H](O)[C@H](O)CO.O=C(O)[C@H](O)[C@H](O)[C@@H](O)[C@H](O)[C@H](O)CO.O=C(O)[C@H](O)[C@H](O)[C@@H](O)[C@H](O)[C@H](O)CO.